The van der Waals surface area contributed by atoms with Crippen molar-refractivity contribution in [2.24, 2.45) is 12.2 Å². The van der Waals surface area contributed by atoms with E-state index in [1.165, 1.54) is 23.9 Å². The van der Waals surface area contributed by atoms with Crippen LogP contribution in [0.5, 0.6) is 0 Å². The zero-order valence-corrected chi connectivity index (χ0v) is 13.6. The van der Waals surface area contributed by atoms with Crippen molar-refractivity contribution in [2.75, 3.05) is 13.2 Å². The second kappa shape index (κ2) is 7.38. The maximum atomic E-state index is 12.4. The lowest BCUT2D eigenvalue weighted by Crippen LogP contribution is -2.43. The normalized spacial score (nSPS) is 31.8. The van der Waals surface area contributed by atoms with Crippen LogP contribution in [0.25, 0.3) is 10.4 Å². The second-order valence-corrected chi connectivity index (χ2v) is 5.92. The molecular weight excluding hydrogens is 334 g/mol. The molecule has 1 aromatic rings. The lowest BCUT2D eigenvalue weighted by molar-refractivity contribution is -0.182. The van der Waals surface area contributed by atoms with Crippen LogP contribution in [0, 0.1) is 0 Å². The third-order valence-electron chi connectivity index (χ3n) is 4.32. The summed E-state index contributed by atoms with van der Waals surface area (Å²) in [6, 6.07) is 1.22. The number of aliphatic hydroxyl groups is 1. The third kappa shape index (κ3) is 3.46. The number of nitrogens with zero attached hydrogens (tertiary/aromatic N) is 5. The average molecular weight is 353 g/mol. The Bertz CT molecular complexity index is 779. The zero-order chi connectivity index (χ0) is 18.0. The number of hydrogen-bond donors (Lipinski definition) is 1. The highest BCUT2D eigenvalue weighted by Gasteiger charge is 2.47. The third-order valence-corrected chi connectivity index (χ3v) is 4.32. The van der Waals surface area contributed by atoms with Crippen molar-refractivity contribution >= 4 is 0 Å². The Morgan fingerprint density at radius 1 is 1.52 bits per heavy atom. The molecule has 3 heterocycles. The lowest BCUT2D eigenvalue weighted by atomic mass is 10.1. The van der Waals surface area contributed by atoms with E-state index in [4.69, 9.17) is 19.7 Å². The van der Waals surface area contributed by atoms with Gasteiger partial charge in [0, 0.05) is 37.3 Å². The molecule has 0 saturated carbocycles. The van der Waals surface area contributed by atoms with E-state index in [1.54, 1.807) is 0 Å². The van der Waals surface area contributed by atoms with Crippen LogP contribution < -0.4 is 11.2 Å². The maximum Gasteiger partial charge on any atom is 0.332 e. The Morgan fingerprint density at radius 3 is 3.00 bits per heavy atom. The molecule has 25 heavy (non-hydrogen) atoms. The van der Waals surface area contributed by atoms with Gasteiger partial charge in [-0.3, -0.25) is 13.9 Å². The van der Waals surface area contributed by atoms with Crippen molar-refractivity contribution in [3.05, 3.63) is 43.5 Å². The van der Waals surface area contributed by atoms with Crippen LogP contribution in [0.2, 0.25) is 0 Å². The highest BCUT2D eigenvalue weighted by molar-refractivity contribution is 4.96. The number of rotatable bonds is 5. The molecule has 0 aliphatic carbocycles. The van der Waals surface area contributed by atoms with Crippen molar-refractivity contribution in [1.82, 2.24) is 9.13 Å². The molecule has 0 bridgehead atoms. The number of hydrogen-bond acceptors (Lipinski definition) is 7. The van der Waals surface area contributed by atoms with Gasteiger partial charge in [-0.15, -0.1) is 0 Å². The molecule has 11 nitrogen and oxygen atoms in total. The first kappa shape index (κ1) is 17.6. The molecule has 3 unspecified atom stereocenters. The highest BCUT2D eigenvalue weighted by atomic mass is 16.7. The van der Waals surface area contributed by atoms with Crippen LogP contribution in [0.3, 0.4) is 0 Å². The van der Waals surface area contributed by atoms with Crippen LogP contribution in [0.15, 0.2) is 27.0 Å². The first-order valence-corrected chi connectivity index (χ1v) is 7.92. The molecule has 2 saturated heterocycles. The molecule has 2 fully saturated rings. The minimum atomic E-state index is -1.12. The minimum Gasteiger partial charge on any atom is -0.388 e. The fraction of sp³-hybridized carbons (Fsp3) is 0.714. The van der Waals surface area contributed by atoms with Crippen LogP contribution in [-0.4, -0.2) is 52.0 Å². The Morgan fingerprint density at radius 2 is 2.32 bits per heavy atom. The first-order valence-electron chi connectivity index (χ1n) is 7.92. The highest BCUT2D eigenvalue weighted by Crippen LogP contribution is 2.33. The molecule has 136 valence electrons. The van der Waals surface area contributed by atoms with E-state index in [1.807, 2.05) is 0 Å². The monoisotopic (exact) mass is 353 g/mol. The van der Waals surface area contributed by atoms with Gasteiger partial charge in [0.2, 0.25) is 0 Å². The van der Waals surface area contributed by atoms with Crippen molar-refractivity contribution in [3.63, 3.8) is 0 Å². The summed E-state index contributed by atoms with van der Waals surface area (Å²) >= 11 is 0. The molecular formula is C14H19N5O6. The van der Waals surface area contributed by atoms with Crippen LogP contribution in [-0.2, 0) is 21.3 Å². The quantitative estimate of drug-likeness (QED) is 0.435. The summed E-state index contributed by atoms with van der Waals surface area (Å²) < 4.78 is 19.1. The van der Waals surface area contributed by atoms with Crippen LogP contribution in [0.4, 0.5) is 0 Å². The van der Waals surface area contributed by atoms with Gasteiger partial charge in [-0.2, -0.15) is 0 Å². The predicted octanol–water partition coefficient (Wildman–Crippen LogP) is -0.363. The van der Waals surface area contributed by atoms with Gasteiger partial charge < -0.3 is 19.3 Å². The Kier molecular flexibility index (Phi) is 5.21. The van der Waals surface area contributed by atoms with Crippen molar-refractivity contribution in [2.45, 2.75) is 43.7 Å². The van der Waals surface area contributed by atoms with Crippen LogP contribution in [0.1, 0.15) is 19.1 Å². The van der Waals surface area contributed by atoms with Gasteiger partial charge >= 0.3 is 5.69 Å². The first-order chi connectivity index (χ1) is 12.0. The summed E-state index contributed by atoms with van der Waals surface area (Å²) in [5, 5.41) is 13.9. The van der Waals surface area contributed by atoms with Gasteiger partial charge in [0.25, 0.3) is 5.56 Å². The number of azide groups is 1. The Labute approximate surface area is 142 Å². The largest absolute Gasteiger partial charge is 0.388 e. The van der Waals surface area contributed by atoms with Crippen LogP contribution >= 0.6 is 0 Å². The summed E-state index contributed by atoms with van der Waals surface area (Å²) in [5.41, 5.74) is 7.42. The molecule has 0 spiro atoms. The molecule has 0 radical (unpaired) electrons. The molecule has 1 aromatic heterocycles. The van der Waals surface area contributed by atoms with Gasteiger partial charge in [-0.05, 0) is 12.0 Å². The molecule has 3 rings (SSSR count). The van der Waals surface area contributed by atoms with E-state index in [0.717, 1.165) is 11.0 Å². The number of aromatic nitrogens is 2. The molecule has 1 N–H and O–H groups in total. The molecule has 2 aliphatic rings. The van der Waals surface area contributed by atoms with E-state index in [9.17, 15) is 14.7 Å². The number of aliphatic hydroxyl groups excluding tert-OH is 1. The number of ether oxygens (including phenoxy) is 3. The van der Waals surface area contributed by atoms with E-state index < -0.39 is 42.1 Å². The van der Waals surface area contributed by atoms with Crippen molar-refractivity contribution < 1.29 is 19.3 Å². The molecule has 5 atom stereocenters. The maximum absolute atomic E-state index is 12.4. The molecule has 2 aliphatic heterocycles. The summed E-state index contributed by atoms with van der Waals surface area (Å²) in [5.74, 6) is 0. The van der Waals surface area contributed by atoms with Crippen molar-refractivity contribution in [1.29, 1.82) is 0 Å². The summed E-state index contributed by atoms with van der Waals surface area (Å²) in [4.78, 5) is 26.6. The van der Waals surface area contributed by atoms with E-state index in [0.29, 0.717) is 13.0 Å². The average Bonchev–Trinajstić information content (AvgIpc) is 3.21. The molecule has 0 aromatic carbocycles. The Balaban J connectivity index is 1.92. The second-order valence-electron chi connectivity index (χ2n) is 5.92. The summed E-state index contributed by atoms with van der Waals surface area (Å²) in [6.07, 6.45) is -1.55. The fourth-order valence-corrected chi connectivity index (χ4v) is 2.97. The SMILES string of the molecule is Cn1c(=O)ccn([C@@H]2O[C@H](CN=[N+]=[N-])C(O)C2OC2CCCO2)c1=O. The predicted molar refractivity (Wildman–Crippen MR) is 83.7 cm³/mol. The van der Waals surface area contributed by atoms with E-state index >= 15 is 0 Å². The standard InChI is InChI=1S/C14H19N5O6/c1-18-9(20)4-5-19(14(18)22)13-12(25-10-3-2-6-23-10)11(21)8(24-13)7-16-17-15/h4-5,8,10-13,21H,2-3,6-7H2,1H3/t8-,10?,11?,12?,13-/m1/s1. The smallest absolute Gasteiger partial charge is 0.332 e. The van der Waals surface area contributed by atoms with Gasteiger partial charge in [-0.1, -0.05) is 5.11 Å². The van der Waals surface area contributed by atoms with Gasteiger partial charge in [-0.25, -0.2) is 4.79 Å². The van der Waals surface area contributed by atoms with E-state index in [2.05, 4.69) is 10.0 Å². The van der Waals surface area contributed by atoms with E-state index in [-0.39, 0.29) is 6.54 Å². The summed E-state index contributed by atoms with van der Waals surface area (Å²) in [6.45, 7) is 0.445. The van der Waals surface area contributed by atoms with Crippen molar-refractivity contribution in [3.8, 4) is 0 Å². The zero-order valence-electron chi connectivity index (χ0n) is 13.6. The lowest BCUT2D eigenvalue weighted by Gasteiger charge is -2.25. The summed E-state index contributed by atoms with van der Waals surface area (Å²) in [7, 11) is 1.35. The minimum absolute atomic E-state index is 0.111. The fourth-order valence-electron chi connectivity index (χ4n) is 2.97. The molecule has 0 amide bonds. The Hall–Kier alpha value is -2.17. The van der Waals surface area contributed by atoms with Gasteiger partial charge in [0.05, 0.1) is 12.6 Å². The molecule has 11 heteroatoms. The topological polar surface area (TPSA) is 141 Å². The van der Waals surface area contributed by atoms with Gasteiger partial charge in [0.15, 0.2) is 12.5 Å². The van der Waals surface area contributed by atoms with Gasteiger partial charge in [0.1, 0.15) is 12.2 Å².